The Morgan fingerprint density at radius 1 is 1.00 bits per heavy atom. The van der Waals surface area contributed by atoms with Crippen LogP contribution in [-0.2, 0) is 30.5 Å². The van der Waals surface area contributed by atoms with Gasteiger partial charge in [0.2, 0.25) is 11.4 Å². The molecule has 0 aliphatic heterocycles. The van der Waals surface area contributed by atoms with Gasteiger partial charge in [-0.25, -0.2) is 0 Å². The SMILES string of the molecule is CC(=O)N[n+]1c2c(cc3c1CCCC3)CCCC2. The molecule has 0 saturated heterocycles. The van der Waals surface area contributed by atoms with E-state index in [2.05, 4.69) is 16.2 Å². The van der Waals surface area contributed by atoms with Gasteiger partial charge in [-0.2, -0.15) is 0 Å². The largest absolute Gasteiger partial charge is 0.271 e. The van der Waals surface area contributed by atoms with Crippen LogP contribution in [0.1, 0.15) is 55.1 Å². The summed E-state index contributed by atoms with van der Waals surface area (Å²) in [6.45, 7) is 1.60. The molecular formula is C15H21N2O+. The predicted octanol–water partition coefficient (Wildman–Crippen LogP) is 1.82. The van der Waals surface area contributed by atoms with Crippen LogP contribution in [0.3, 0.4) is 0 Å². The highest BCUT2D eigenvalue weighted by atomic mass is 16.2. The predicted molar refractivity (Wildman–Crippen MR) is 70.0 cm³/mol. The summed E-state index contributed by atoms with van der Waals surface area (Å²) in [5.41, 5.74) is 8.64. The molecule has 0 fully saturated rings. The third kappa shape index (κ3) is 2.02. The summed E-state index contributed by atoms with van der Waals surface area (Å²) in [7, 11) is 0. The third-order valence-electron chi connectivity index (χ3n) is 4.12. The number of carbonyl (C=O) groups is 1. The zero-order valence-electron chi connectivity index (χ0n) is 11.1. The van der Waals surface area contributed by atoms with E-state index in [4.69, 9.17) is 0 Å². The average molecular weight is 245 g/mol. The summed E-state index contributed by atoms with van der Waals surface area (Å²) in [5.74, 6) is 0.0340. The van der Waals surface area contributed by atoms with Crippen molar-refractivity contribution in [1.29, 1.82) is 0 Å². The normalized spacial score (nSPS) is 17.8. The lowest BCUT2D eigenvalue weighted by atomic mass is 9.89. The molecule has 0 aromatic carbocycles. The van der Waals surface area contributed by atoms with Gasteiger partial charge in [0.15, 0.2) is 0 Å². The zero-order chi connectivity index (χ0) is 12.5. The number of aryl methyl sites for hydroxylation is 2. The molecule has 1 heterocycles. The molecule has 1 aromatic heterocycles. The summed E-state index contributed by atoms with van der Waals surface area (Å²) in [4.78, 5) is 11.5. The van der Waals surface area contributed by atoms with Crippen LogP contribution in [0.25, 0.3) is 0 Å². The van der Waals surface area contributed by atoms with E-state index in [0.29, 0.717) is 0 Å². The molecule has 2 aliphatic carbocycles. The molecule has 0 bridgehead atoms. The van der Waals surface area contributed by atoms with Crippen LogP contribution < -0.4 is 10.1 Å². The molecule has 1 N–H and O–H groups in total. The van der Waals surface area contributed by atoms with Crippen LogP contribution in [0.2, 0.25) is 0 Å². The molecule has 18 heavy (non-hydrogen) atoms. The molecule has 0 atom stereocenters. The van der Waals surface area contributed by atoms with Gasteiger partial charge in [0.05, 0.1) is 0 Å². The van der Waals surface area contributed by atoms with Crippen LogP contribution in [0, 0.1) is 0 Å². The summed E-state index contributed by atoms with van der Waals surface area (Å²) in [6, 6.07) is 2.40. The smallest absolute Gasteiger partial charge is 0.270 e. The van der Waals surface area contributed by atoms with Gasteiger partial charge in [0.25, 0.3) is 5.91 Å². The third-order valence-corrected chi connectivity index (χ3v) is 4.12. The Kier molecular flexibility index (Phi) is 3.06. The van der Waals surface area contributed by atoms with Crippen molar-refractivity contribution in [3.05, 3.63) is 28.6 Å². The van der Waals surface area contributed by atoms with Crippen molar-refractivity contribution in [1.82, 2.24) is 0 Å². The summed E-state index contributed by atoms with van der Waals surface area (Å²) >= 11 is 0. The fraction of sp³-hybridized carbons (Fsp3) is 0.600. The summed E-state index contributed by atoms with van der Waals surface area (Å²) in [6.07, 6.45) is 9.59. The summed E-state index contributed by atoms with van der Waals surface area (Å²) < 4.78 is 2.12. The number of rotatable bonds is 1. The Balaban J connectivity index is 2.13. The van der Waals surface area contributed by atoms with E-state index in [-0.39, 0.29) is 5.91 Å². The van der Waals surface area contributed by atoms with Crippen molar-refractivity contribution >= 4 is 5.91 Å². The molecule has 1 amide bonds. The van der Waals surface area contributed by atoms with E-state index < -0.39 is 0 Å². The average Bonchev–Trinajstić information content (AvgIpc) is 2.38. The maximum Gasteiger partial charge on any atom is 0.271 e. The molecule has 96 valence electrons. The van der Waals surface area contributed by atoms with E-state index in [1.807, 2.05) is 0 Å². The Morgan fingerprint density at radius 2 is 1.50 bits per heavy atom. The van der Waals surface area contributed by atoms with Gasteiger partial charge in [-0.1, -0.05) is 4.68 Å². The number of amides is 1. The fourth-order valence-corrected chi connectivity index (χ4v) is 3.31. The van der Waals surface area contributed by atoms with Crippen LogP contribution >= 0.6 is 0 Å². The van der Waals surface area contributed by atoms with E-state index in [0.717, 1.165) is 12.8 Å². The summed E-state index contributed by atoms with van der Waals surface area (Å²) in [5, 5.41) is 0. The Hall–Kier alpha value is -1.38. The number of nitrogens with zero attached hydrogens (tertiary/aromatic N) is 1. The number of hydrogen-bond acceptors (Lipinski definition) is 1. The molecule has 3 heteroatoms. The number of nitrogens with one attached hydrogen (secondary N) is 1. The van der Waals surface area contributed by atoms with Crippen molar-refractivity contribution in [3.63, 3.8) is 0 Å². The molecule has 3 nitrogen and oxygen atoms in total. The first-order valence-electron chi connectivity index (χ1n) is 7.12. The lowest BCUT2D eigenvalue weighted by Crippen LogP contribution is -2.56. The molecule has 0 radical (unpaired) electrons. The second-order valence-electron chi connectivity index (χ2n) is 5.51. The Labute approximate surface area is 108 Å². The Morgan fingerprint density at radius 3 is 2.00 bits per heavy atom. The highest BCUT2D eigenvalue weighted by Crippen LogP contribution is 2.25. The molecule has 3 rings (SSSR count). The van der Waals surface area contributed by atoms with Gasteiger partial charge in [-0.05, 0) is 44.6 Å². The van der Waals surface area contributed by atoms with Gasteiger partial charge in [-0.15, -0.1) is 5.43 Å². The molecule has 2 aliphatic rings. The maximum absolute atomic E-state index is 11.5. The first-order chi connectivity index (χ1) is 8.75. The highest BCUT2D eigenvalue weighted by Gasteiger charge is 2.29. The number of carbonyl (C=O) groups excluding carboxylic acids is 1. The van der Waals surface area contributed by atoms with Gasteiger partial charge >= 0.3 is 0 Å². The van der Waals surface area contributed by atoms with Crippen LogP contribution in [0.15, 0.2) is 6.07 Å². The van der Waals surface area contributed by atoms with E-state index in [1.165, 1.54) is 61.0 Å². The minimum Gasteiger partial charge on any atom is -0.270 e. The van der Waals surface area contributed by atoms with Gasteiger partial charge in [0, 0.05) is 30.9 Å². The molecule has 0 spiro atoms. The van der Waals surface area contributed by atoms with Gasteiger partial charge in [-0.3, -0.25) is 4.79 Å². The van der Waals surface area contributed by atoms with E-state index >= 15 is 0 Å². The minimum atomic E-state index is 0.0340. The van der Waals surface area contributed by atoms with Crippen LogP contribution in [0.5, 0.6) is 0 Å². The lowest BCUT2D eigenvalue weighted by molar-refractivity contribution is -0.659. The lowest BCUT2D eigenvalue weighted by Gasteiger charge is -2.20. The monoisotopic (exact) mass is 245 g/mol. The van der Waals surface area contributed by atoms with Crippen molar-refractivity contribution in [2.45, 2.75) is 58.3 Å². The molecule has 0 unspecified atom stereocenters. The quantitative estimate of drug-likeness (QED) is 0.752. The van der Waals surface area contributed by atoms with Crippen LogP contribution in [-0.4, -0.2) is 5.91 Å². The number of fused-ring (bicyclic) bond motifs is 2. The van der Waals surface area contributed by atoms with E-state index in [9.17, 15) is 4.79 Å². The number of hydrogen-bond donors (Lipinski definition) is 1. The number of aromatic nitrogens is 1. The maximum atomic E-state index is 11.5. The minimum absolute atomic E-state index is 0.0340. The fourth-order valence-electron chi connectivity index (χ4n) is 3.31. The second kappa shape index (κ2) is 4.71. The first-order valence-corrected chi connectivity index (χ1v) is 7.12. The van der Waals surface area contributed by atoms with E-state index in [1.54, 1.807) is 6.92 Å². The zero-order valence-corrected chi connectivity index (χ0v) is 11.1. The number of pyridine rings is 1. The highest BCUT2D eigenvalue weighted by molar-refractivity contribution is 5.79. The first kappa shape index (κ1) is 11.7. The van der Waals surface area contributed by atoms with Crippen molar-refractivity contribution < 1.29 is 9.47 Å². The molecular weight excluding hydrogens is 224 g/mol. The van der Waals surface area contributed by atoms with Crippen molar-refractivity contribution in [2.24, 2.45) is 0 Å². The second-order valence-corrected chi connectivity index (χ2v) is 5.51. The van der Waals surface area contributed by atoms with Gasteiger partial charge < -0.3 is 0 Å². The van der Waals surface area contributed by atoms with Gasteiger partial charge in [0.1, 0.15) is 0 Å². The molecule has 0 saturated carbocycles. The Bertz CT molecular complexity index is 460. The van der Waals surface area contributed by atoms with Crippen LogP contribution in [0.4, 0.5) is 0 Å². The topological polar surface area (TPSA) is 33.0 Å². The molecule has 1 aromatic rings. The van der Waals surface area contributed by atoms with Crippen molar-refractivity contribution in [2.75, 3.05) is 5.43 Å². The van der Waals surface area contributed by atoms with Crippen molar-refractivity contribution in [3.8, 4) is 0 Å². The standard InChI is InChI=1S/C15H20N2O/c1-11(18)16-17-14-8-4-2-6-12(14)10-13-7-3-5-9-15(13)17/h10H,2-9H2,1H3/p+1.